The van der Waals surface area contributed by atoms with E-state index >= 15 is 0 Å². The van der Waals surface area contributed by atoms with Gasteiger partial charge < -0.3 is 10.2 Å². The molecule has 0 aromatic rings. The smallest absolute Gasteiger partial charge is 0.0938 e. The minimum atomic E-state index is -0.535. The van der Waals surface area contributed by atoms with Crippen molar-refractivity contribution in [3.05, 3.63) is 0 Å². The fourth-order valence-corrected chi connectivity index (χ4v) is 2.05. The number of likely N-dealkylation sites (tertiary alicyclic amines) is 1. The highest BCUT2D eigenvalue weighted by atomic mass is 32.1. The van der Waals surface area contributed by atoms with Crippen LogP contribution in [0.2, 0.25) is 0 Å². The summed E-state index contributed by atoms with van der Waals surface area (Å²) in [4.78, 5) is 2.13. The molecule has 2 atom stereocenters. The predicted octanol–water partition coefficient (Wildman–Crippen LogP) is 0.514. The first-order chi connectivity index (χ1) is 6.74. The number of aliphatic hydroxyl groups is 2. The maximum absolute atomic E-state index is 9.31. The van der Waals surface area contributed by atoms with Crippen LogP contribution < -0.4 is 0 Å². The third-order valence-electron chi connectivity index (χ3n) is 2.72. The molecule has 2 N–H and O–H groups in total. The summed E-state index contributed by atoms with van der Waals surface area (Å²) in [6.45, 7) is 2.27. The van der Waals surface area contributed by atoms with Crippen LogP contribution in [0.4, 0.5) is 0 Å². The van der Waals surface area contributed by atoms with Crippen molar-refractivity contribution in [2.24, 2.45) is 0 Å². The van der Waals surface area contributed by atoms with Gasteiger partial charge in [0.25, 0.3) is 0 Å². The van der Waals surface area contributed by atoms with Crippen LogP contribution in [-0.2, 0) is 0 Å². The average Bonchev–Trinajstić information content (AvgIpc) is 2.46. The van der Waals surface area contributed by atoms with E-state index < -0.39 is 12.2 Å². The topological polar surface area (TPSA) is 43.7 Å². The van der Waals surface area contributed by atoms with Crippen molar-refractivity contribution < 1.29 is 10.2 Å². The Balaban J connectivity index is 1.97. The number of hydrogen-bond acceptors (Lipinski definition) is 4. The Morgan fingerprint density at radius 1 is 1.00 bits per heavy atom. The second-order valence-electron chi connectivity index (χ2n) is 4.03. The molecule has 0 aliphatic carbocycles. The lowest BCUT2D eigenvalue weighted by atomic mass is 10.2. The van der Waals surface area contributed by atoms with Crippen LogP contribution in [0.1, 0.15) is 25.7 Å². The van der Waals surface area contributed by atoms with Gasteiger partial charge in [0.1, 0.15) is 0 Å². The van der Waals surface area contributed by atoms with Gasteiger partial charge in [0, 0.05) is 13.1 Å². The first kappa shape index (κ1) is 12.3. The molecule has 0 aromatic heterocycles. The van der Waals surface area contributed by atoms with Crippen LogP contribution >= 0.6 is 12.6 Å². The number of nitrogens with zero attached hydrogens (tertiary/aromatic N) is 1. The normalized spacial score (nSPS) is 28.5. The molecule has 0 saturated carbocycles. The number of unbranched alkanes of at least 4 members (excludes halogenated alkanes) is 3. The highest BCUT2D eigenvalue weighted by Gasteiger charge is 2.28. The fraction of sp³-hybridized carbons (Fsp3) is 1.00. The van der Waals surface area contributed by atoms with Crippen LogP contribution in [-0.4, -0.2) is 52.7 Å². The van der Waals surface area contributed by atoms with Gasteiger partial charge in [0.15, 0.2) is 0 Å². The van der Waals surface area contributed by atoms with Gasteiger partial charge in [-0.05, 0) is 25.1 Å². The predicted molar refractivity (Wildman–Crippen MR) is 60.8 cm³/mol. The largest absolute Gasteiger partial charge is 0.389 e. The molecule has 1 aliphatic rings. The van der Waals surface area contributed by atoms with Crippen LogP contribution in [0.25, 0.3) is 0 Å². The Morgan fingerprint density at radius 2 is 1.57 bits per heavy atom. The number of rotatable bonds is 6. The van der Waals surface area contributed by atoms with Crippen LogP contribution in [0.3, 0.4) is 0 Å². The molecule has 0 radical (unpaired) electrons. The summed E-state index contributed by atoms with van der Waals surface area (Å²) in [5, 5.41) is 18.6. The van der Waals surface area contributed by atoms with E-state index in [9.17, 15) is 10.2 Å². The van der Waals surface area contributed by atoms with Crippen LogP contribution in [0, 0.1) is 0 Å². The molecule has 1 heterocycles. The Labute approximate surface area is 91.5 Å². The lowest BCUT2D eigenvalue weighted by Gasteiger charge is -2.13. The van der Waals surface area contributed by atoms with Crippen LogP contribution in [0.5, 0.6) is 0 Å². The van der Waals surface area contributed by atoms with Gasteiger partial charge in [-0.25, -0.2) is 0 Å². The third-order valence-corrected chi connectivity index (χ3v) is 3.03. The fourth-order valence-electron chi connectivity index (χ4n) is 1.83. The van der Waals surface area contributed by atoms with E-state index in [0.29, 0.717) is 13.1 Å². The molecule has 84 valence electrons. The van der Waals surface area contributed by atoms with Gasteiger partial charge in [-0.1, -0.05) is 12.8 Å². The summed E-state index contributed by atoms with van der Waals surface area (Å²) in [6.07, 6.45) is 3.74. The van der Waals surface area contributed by atoms with Gasteiger partial charge in [-0.2, -0.15) is 12.6 Å². The highest BCUT2D eigenvalue weighted by Crippen LogP contribution is 2.11. The molecule has 0 bridgehead atoms. The maximum Gasteiger partial charge on any atom is 0.0938 e. The number of β-amino-alcohol motifs (C(OH)–C–C–N with tert-alkyl or cyclic N) is 2. The van der Waals surface area contributed by atoms with E-state index in [1.165, 1.54) is 19.3 Å². The summed E-state index contributed by atoms with van der Waals surface area (Å²) in [5.74, 6) is 0.973. The monoisotopic (exact) mass is 219 g/mol. The van der Waals surface area contributed by atoms with Crippen molar-refractivity contribution in [3.8, 4) is 0 Å². The summed E-state index contributed by atoms with van der Waals surface area (Å²) in [7, 11) is 0. The summed E-state index contributed by atoms with van der Waals surface area (Å²) in [6, 6.07) is 0. The zero-order valence-electron chi connectivity index (χ0n) is 8.60. The van der Waals surface area contributed by atoms with E-state index in [-0.39, 0.29) is 0 Å². The first-order valence-corrected chi connectivity index (χ1v) is 6.06. The van der Waals surface area contributed by atoms with E-state index in [4.69, 9.17) is 0 Å². The zero-order chi connectivity index (χ0) is 10.4. The quantitative estimate of drug-likeness (QED) is 0.450. The second kappa shape index (κ2) is 6.67. The van der Waals surface area contributed by atoms with Gasteiger partial charge in [-0.3, -0.25) is 4.90 Å². The van der Waals surface area contributed by atoms with Crippen LogP contribution in [0.15, 0.2) is 0 Å². The third kappa shape index (κ3) is 4.17. The molecule has 0 spiro atoms. The van der Waals surface area contributed by atoms with Gasteiger partial charge in [0.05, 0.1) is 12.2 Å². The van der Waals surface area contributed by atoms with Crippen molar-refractivity contribution in [2.75, 3.05) is 25.4 Å². The van der Waals surface area contributed by atoms with Gasteiger partial charge >= 0.3 is 0 Å². The standard InChI is InChI=1S/C10H21NO2S/c12-9-7-11(8-10(9)13)5-3-1-2-4-6-14/h9-10,12-14H,1-8H2. The minimum Gasteiger partial charge on any atom is -0.389 e. The number of thiol groups is 1. The van der Waals surface area contributed by atoms with Gasteiger partial charge in [0.2, 0.25) is 0 Å². The summed E-state index contributed by atoms with van der Waals surface area (Å²) in [5.41, 5.74) is 0. The van der Waals surface area contributed by atoms with Crippen molar-refractivity contribution in [3.63, 3.8) is 0 Å². The summed E-state index contributed by atoms with van der Waals surface area (Å²) >= 11 is 4.16. The lowest BCUT2D eigenvalue weighted by Crippen LogP contribution is -2.23. The molecule has 1 rings (SSSR count). The zero-order valence-corrected chi connectivity index (χ0v) is 9.49. The van der Waals surface area contributed by atoms with E-state index in [1.54, 1.807) is 0 Å². The molecule has 0 aromatic carbocycles. The minimum absolute atomic E-state index is 0.535. The van der Waals surface area contributed by atoms with Crippen molar-refractivity contribution >= 4 is 12.6 Å². The van der Waals surface area contributed by atoms with Crippen molar-refractivity contribution in [2.45, 2.75) is 37.9 Å². The van der Waals surface area contributed by atoms with Gasteiger partial charge in [-0.15, -0.1) is 0 Å². The highest BCUT2D eigenvalue weighted by molar-refractivity contribution is 7.80. The molecule has 2 unspecified atom stereocenters. The molecule has 3 nitrogen and oxygen atoms in total. The Morgan fingerprint density at radius 3 is 2.14 bits per heavy atom. The molecule has 0 amide bonds. The number of aliphatic hydroxyl groups excluding tert-OH is 2. The molecule has 14 heavy (non-hydrogen) atoms. The lowest BCUT2D eigenvalue weighted by molar-refractivity contribution is 0.0572. The summed E-state index contributed by atoms with van der Waals surface area (Å²) < 4.78 is 0. The number of hydrogen-bond donors (Lipinski definition) is 3. The SMILES string of the molecule is OC1CN(CCCCCCS)CC1O. The average molecular weight is 219 g/mol. The van der Waals surface area contributed by atoms with E-state index in [0.717, 1.165) is 18.7 Å². The maximum atomic E-state index is 9.31. The molecule has 4 heteroatoms. The molecule has 1 saturated heterocycles. The molecular formula is C10H21NO2S. The second-order valence-corrected chi connectivity index (χ2v) is 4.48. The molecule has 1 aliphatic heterocycles. The molecule has 1 fully saturated rings. The molecular weight excluding hydrogens is 198 g/mol. The van der Waals surface area contributed by atoms with E-state index in [1.807, 2.05) is 0 Å². The van der Waals surface area contributed by atoms with Crippen molar-refractivity contribution in [1.29, 1.82) is 0 Å². The Kier molecular flexibility index (Phi) is 5.86. The Bertz CT molecular complexity index is 147. The van der Waals surface area contributed by atoms with E-state index in [2.05, 4.69) is 17.5 Å². The first-order valence-electron chi connectivity index (χ1n) is 5.43. The Hall–Kier alpha value is 0.230. The van der Waals surface area contributed by atoms with Crippen molar-refractivity contribution in [1.82, 2.24) is 4.90 Å².